The molecular weight excluding hydrogens is 180 g/mol. The van der Waals surface area contributed by atoms with Crippen molar-refractivity contribution in [3.05, 3.63) is 5.82 Å². The predicted molar refractivity (Wildman–Crippen MR) is 52.5 cm³/mol. The zero-order chi connectivity index (χ0) is 9.97. The number of hydrogen-bond donors (Lipinski definition) is 2. The highest BCUT2D eigenvalue weighted by Gasteiger charge is 2.26. The number of rotatable bonds is 2. The maximum absolute atomic E-state index is 5.18. The summed E-state index contributed by atoms with van der Waals surface area (Å²) in [6, 6.07) is 0.303. The molecule has 2 rings (SSSR count). The molecule has 0 radical (unpaired) electrons. The van der Waals surface area contributed by atoms with E-state index in [4.69, 9.17) is 10.4 Å². The number of nitrogen functional groups attached to an aromatic ring is 1. The standard InChI is InChI=1S/C9H16N4O/c1-6-4-2-3-5-7(6)8-11-9(12-10)14-13-8/h6-7H,2-5,10H2,1H3,(H,11,12,13). The van der Waals surface area contributed by atoms with E-state index in [0.717, 1.165) is 12.2 Å². The fourth-order valence-electron chi connectivity index (χ4n) is 2.14. The van der Waals surface area contributed by atoms with Crippen molar-refractivity contribution >= 4 is 6.01 Å². The van der Waals surface area contributed by atoms with Crippen LogP contribution >= 0.6 is 0 Å². The van der Waals surface area contributed by atoms with E-state index in [-0.39, 0.29) is 0 Å². The smallest absolute Gasteiger partial charge is 0.314 e. The fourth-order valence-corrected chi connectivity index (χ4v) is 2.14. The van der Waals surface area contributed by atoms with Crippen LogP contribution in [-0.4, -0.2) is 10.1 Å². The molecule has 1 heterocycles. The molecule has 1 fully saturated rings. The Bertz CT molecular complexity index is 299. The summed E-state index contributed by atoms with van der Waals surface area (Å²) in [4.78, 5) is 4.19. The minimum Gasteiger partial charge on any atom is -0.314 e. The molecule has 5 heteroatoms. The van der Waals surface area contributed by atoms with Gasteiger partial charge in [-0.05, 0) is 12.3 Å². The van der Waals surface area contributed by atoms with Crippen LogP contribution in [0.4, 0.5) is 6.01 Å². The van der Waals surface area contributed by atoms with Crippen molar-refractivity contribution in [1.82, 2.24) is 10.1 Å². The van der Waals surface area contributed by atoms with Crippen LogP contribution in [0.25, 0.3) is 0 Å². The Balaban J connectivity index is 2.12. The van der Waals surface area contributed by atoms with Crippen LogP contribution in [0.2, 0.25) is 0 Å². The second-order valence-electron chi connectivity index (χ2n) is 3.97. The minimum absolute atomic E-state index is 0.303. The fraction of sp³-hybridized carbons (Fsp3) is 0.778. The van der Waals surface area contributed by atoms with Gasteiger partial charge in [0.25, 0.3) is 0 Å². The Morgan fingerprint density at radius 2 is 2.21 bits per heavy atom. The second-order valence-corrected chi connectivity index (χ2v) is 3.97. The molecule has 78 valence electrons. The van der Waals surface area contributed by atoms with Gasteiger partial charge >= 0.3 is 6.01 Å². The Kier molecular flexibility index (Phi) is 2.67. The van der Waals surface area contributed by atoms with Gasteiger partial charge in [-0.15, -0.1) is 0 Å². The van der Waals surface area contributed by atoms with Gasteiger partial charge < -0.3 is 4.52 Å². The number of hydrogen-bond acceptors (Lipinski definition) is 5. The number of nitrogens with zero attached hydrogens (tertiary/aromatic N) is 2. The lowest BCUT2D eigenvalue weighted by Crippen LogP contribution is -2.16. The van der Waals surface area contributed by atoms with Gasteiger partial charge in [0.2, 0.25) is 0 Å². The Labute approximate surface area is 83.0 Å². The molecule has 0 spiro atoms. The number of aromatic nitrogens is 2. The van der Waals surface area contributed by atoms with Crippen molar-refractivity contribution in [2.24, 2.45) is 11.8 Å². The van der Waals surface area contributed by atoms with E-state index in [0.29, 0.717) is 17.9 Å². The van der Waals surface area contributed by atoms with Crippen molar-refractivity contribution < 1.29 is 4.52 Å². The Hall–Kier alpha value is -1.10. The predicted octanol–water partition coefficient (Wildman–Crippen LogP) is 1.65. The molecule has 0 saturated heterocycles. The summed E-state index contributed by atoms with van der Waals surface area (Å²) in [5.74, 6) is 7.06. The number of hydrazine groups is 1. The van der Waals surface area contributed by atoms with Gasteiger partial charge in [0.15, 0.2) is 5.82 Å². The first-order valence-electron chi connectivity index (χ1n) is 5.11. The molecule has 1 aromatic rings. The van der Waals surface area contributed by atoms with Crippen molar-refractivity contribution in [1.29, 1.82) is 0 Å². The Morgan fingerprint density at radius 3 is 2.86 bits per heavy atom. The molecule has 2 atom stereocenters. The largest absolute Gasteiger partial charge is 0.335 e. The molecule has 0 aromatic carbocycles. The van der Waals surface area contributed by atoms with Gasteiger partial charge in [0.1, 0.15) is 0 Å². The average molecular weight is 196 g/mol. The van der Waals surface area contributed by atoms with Crippen molar-refractivity contribution in [3.63, 3.8) is 0 Å². The van der Waals surface area contributed by atoms with Crippen molar-refractivity contribution in [2.75, 3.05) is 5.43 Å². The van der Waals surface area contributed by atoms with Crippen molar-refractivity contribution in [2.45, 2.75) is 38.5 Å². The molecule has 2 unspecified atom stereocenters. The van der Waals surface area contributed by atoms with E-state index in [1.54, 1.807) is 0 Å². The number of nitrogens with two attached hydrogens (primary N) is 1. The number of nitrogens with one attached hydrogen (secondary N) is 1. The molecule has 0 bridgehead atoms. The van der Waals surface area contributed by atoms with Gasteiger partial charge in [-0.1, -0.05) is 31.3 Å². The monoisotopic (exact) mass is 196 g/mol. The lowest BCUT2D eigenvalue weighted by atomic mass is 9.80. The number of anilines is 1. The zero-order valence-corrected chi connectivity index (χ0v) is 8.36. The van der Waals surface area contributed by atoms with Crippen molar-refractivity contribution in [3.8, 4) is 0 Å². The molecule has 0 aliphatic heterocycles. The van der Waals surface area contributed by atoms with Crippen LogP contribution < -0.4 is 11.3 Å². The van der Waals surface area contributed by atoms with Gasteiger partial charge in [-0.2, -0.15) is 4.98 Å². The van der Waals surface area contributed by atoms with Gasteiger partial charge in [-0.3, -0.25) is 5.43 Å². The highest BCUT2D eigenvalue weighted by Crippen LogP contribution is 2.36. The summed E-state index contributed by atoms with van der Waals surface area (Å²) in [5, 5.41) is 3.93. The minimum atomic E-state index is 0.303. The molecule has 5 nitrogen and oxygen atoms in total. The zero-order valence-electron chi connectivity index (χ0n) is 8.36. The highest BCUT2D eigenvalue weighted by molar-refractivity contribution is 5.16. The molecule has 14 heavy (non-hydrogen) atoms. The maximum atomic E-state index is 5.18. The van der Waals surface area contributed by atoms with E-state index in [9.17, 15) is 0 Å². The Morgan fingerprint density at radius 1 is 1.43 bits per heavy atom. The summed E-state index contributed by atoms with van der Waals surface area (Å²) in [7, 11) is 0. The van der Waals surface area contributed by atoms with E-state index in [1.165, 1.54) is 19.3 Å². The lowest BCUT2D eigenvalue weighted by Gasteiger charge is -2.25. The van der Waals surface area contributed by atoms with E-state index in [2.05, 4.69) is 22.5 Å². The summed E-state index contributed by atoms with van der Waals surface area (Å²) in [5.41, 5.74) is 2.36. The van der Waals surface area contributed by atoms with E-state index < -0.39 is 0 Å². The third-order valence-corrected chi connectivity index (χ3v) is 3.01. The third-order valence-electron chi connectivity index (χ3n) is 3.01. The summed E-state index contributed by atoms with van der Waals surface area (Å²) in [6.07, 6.45) is 4.99. The molecular formula is C9H16N4O. The van der Waals surface area contributed by atoms with Crippen LogP contribution in [0.1, 0.15) is 44.3 Å². The SMILES string of the molecule is CC1CCCCC1c1noc(NN)n1. The lowest BCUT2D eigenvalue weighted by molar-refractivity contribution is 0.308. The summed E-state index contributed by atoms with van der Waals surface area (Å²) >= 11 is 0. The average Bonchev–Trinajstić information content (AvgIpc) is 2.67. The topological polar surface area (TPSA) is 77.0 Å². The normalized spacial score (nSPS) is 27.6. The highest BCUT2D eigenvalue weighted by atomic mass is 16.5. The van der Waals surface area contributed by atoms with Gasteiger partial charge in [0.05, 0.1) is 0 Å². The first-order valence-corrected chi connectivity index (χ1v) is 5.11. The van der Waals surface area contributed by atoms with E-state index >= 15 is 0 Å². The van der Waals surface area contributed by atoms with Crippen LogP contribution in [-0.2, 0) is 0 Å². The molecule has 1 aliphatic rings. The third kappa shape index (κ3) is 1.72. The summed E-state index contributed by atoms with van der Waals surface area (Å²) in [6.45, 7) is 2.25. The second kappa shape index (κ2) is 3.96. The first kappa shape index (κ1) is 9.45. The van der Waals surface area contributed by atoms with Crippen LogP contribution in [0, 0.1) is 5.92 Å². The van der Waals surface area contributed by atoms with Gasteiger partial charge in [0, 0.05) is 5.92 Å². The van der Waals surface area contributed by atoms with Crippen LogP contribution in [0.15, 0.2) is 4.52 Å². The van der Waals surface area contributed by atoms with Crippen LogP contribution in [0.3, 0.4) is 0 Å². The van der Waals surface area contributed by atoms with Crippen LogP contribution in [0.5, 0.6) is 0 Å². The van der Waals surface area contributed by atoms with E-state index in [1.807, 2.05) is 0 Å². The molecule has 1 saturated carbocycles. The molecule has 1 aliphatic carbocycles. The molecule has 0 amide bonds. The first-order chi connectivity index (χ1) is 6.81. The summed E-state index contributed by atoms with van der Waals surface area (Å²) < 4.78 is 4.92. The quantitative estimate of drug-likeness (QED) is 0.555. The molecule has 3 N–H and O–H groups in total. The van der Waals surface area contributed by atoms with Gasteiger partial charge in [-0.25, -0.2) is 5.84 Å². The molecule has 1 aromatic heterocycles. The maximum Gasteiger partial charge on any atom is 0.335 e.